The summed E-state index contributed by atoms with van der Waals surface area (Å²) in [6, 6.07) is 7.76. The van der Waals surface area contributed by atoms with E-state index in [9.17, 15) is 9.46 Å². The highest BCUT2D eigenvalue weighted by atomic mass is 31.2. The minimum absolute atomic E-state index is 0.126. The third kappa shape index (κ3) is 3.21. The van der Waals surface area contributed by atoms with Crippen molar-refractivity contribution < 1.29 is 24.2 Å². The van der Waals surface area contributed by atoms with Crippen LogP contribution in [-0.4, -0.2) is 28.0 Å². The van der Waals surface area contributed by atoms with E-state index in [1.165, 1.54) is 12.1 Å². The van der Waals surface area contributed by atoms with Gasteiger partial charge < -0.3 is 15.1 Å². The molecule has 6 heteroatoms. The summed E-state index contributed by atoms with van der Waals surface area (Å²) in [5.41, 5.74) is 0. The summed E-state index contributed by atoms with van der Waals surface area (Å²) >= 11 is 0. The second-order valence-corrected chi connectivity index (χ2v) is 4.45. The molecule has 3 N–H and O–H groups in total. The van der Waals surface area contributed by atoms with Gasteiger partial charge in [0, 0.05) is 0 Å². The Bertz CT molecular complexity index is 324. The van der Waals surface area contributed by atoms with Crippen LogP contribution >= 0.6 is 7.60 Å². The Morgan fingerprint density at radius 2 is 1.86 bits per heavy atom. The maximum absolute atomic E-state index is 11.4. The molecular weight excluding hydrogens is 207 g/mol. The van der Waals surface area contributed by atoms with E-state index in [2.05, 4.69) is 4.52 Å². The van der Waals surface area contributed by atoms with E-state index in [-0.39, 0.29) is 5.30 Å². The van der Waals surface area contributed by atoms with Crippen LogP contribution in [0.3, 0.4) is 0 Å². The first kappa shape index (κ1) is 11.4. The zero-order valence-corrected chi connectivity index (χ0v) is 8.17. The topological polar surface area (TPSA) is 87.0 Å². The van der Waals surface area contributed by atoms with Gasteiger partial charge in [-0.3, -0.25) is 9.09 Å². The van der Waals surface area contributed by atoms with Gasteiger partial charge >= 0.3 is 7.60 Å². The van der Waals surface area contributed by atoms with E-state index in [0.29, 0.717) is 0 Å². The predicted octanol–water partition coefficient (Wildman–Crippen LogP) is -0.175. The molecule has 1 atom stereocenters. The van der Waals surface area contributed by atoms with E-state index in [1.807, 2.05) is 0 Å². The maximum atomic E-state index is 11.4. The SMILES string of the molecule is O=P(O)(OCC(O)O)c1ccccc1. The molecular formula is C8H11O5P. The van der Waals surface area contributed by atoms with Gasteiger partial charge in [0.2, 0.25) is 0 Å². The lowest BCUT2D eigenvalue weighted by molar-refractivity contribution is -0.0693. The van der Waals surface area contributed by atoms with Crippen LogP contribution in [0.1, 0.15) is 0 Å². The Kier molecular flexibility index (Phi) is 3.80. The minimum atomic E-state index is -3.92. The molecule has 1 rings (SSSR count). The average molecular weight is 218 g/mol. The van der Waals surface area contributed by atoms with Crippen LogP contribution in [0.2, 0.25) is 0 Å². The van der Waals surface area contributed by atoms with Crippen molar-refractivity contribution in [3.8, 4) is 0 Å². The van der Waals surface area contributed by atoms with Crippen LogP contribution in [0, 0.1) is 0 Å². The summed E-state index contributed by atoms with van der Waals surface area (Å²) in [5, 5.41) is 17.0. The molecule has 1 aromatic carbocycles. The van der Waals surface area contributed by atoms with E-state index < -0.39 is 20.5 Å². The Labute approximate surface area is 81.1 Å². The molecule has 0 saturated heterocycles. The largest absolute Gasteiger partial charge is 0.366 e. The Morgan fingerprint density at radius 3 is 2.36 bits per heavy atom. The van der Waals surface area contributed by atoms with Crippen molar-refractivity contribution in [1.82, 2.24) is 0 Å². The molecule has 0 bridgehead atoms. The monoisotopic (exact) mass is 218 g/mol. The van der Waals surface area contributed by atoms with Crippen LogP contribution < -0.4 is 5.30 Å². The average Bonchev–Trinajstić information content (AvgIpc) is 2.16. The molecule has 0 radical (unpaired) electrons. The van der Waals surface area contributed by atoms with E-state index >= 15 is 0 Å². The molecule has 14 heavy (non-hydrogen) atoms. The summed E-state index contributed by atoms with van der Waals surface area (Å²) in [7, 11) is -3.92. The van der Waals surface area contributed by atoms with Crippen molar-refractivity contribution in [3.05, 3.63) is 30.3 Å². The first-order chi connectivity index (χ1) is 6.52. The smallest absolute Gasteiger partial charge is 0.358 e. The molecule has 1 aromatic rings. The van der Waals surface area contributed by atoms with Crippen molar-refractivity contribution in [2.45, 2.75) is 6.29 Å². The fraction of sp³-hybridized carbons (Fsp3) is 0.250. The van der Waals surface area contributed by atoms with Crippen molar-refractivity contribution in [1.29, 1.82) is 0 Å². The molecule has 0 saturated carbocycles. The molecule has 0 aliphatic rings. The molecule has 0 aliphatic carbocycles. The van der Waals surface area contributed by atoms with Crippen LogP contribution in [0.15, 0.2) is 30.3 Å². The van der Waals surface area contributed by atoms with Crippen molar-refractivity contribution in [2.24, 2.45) is 0 Å². The van der Waals surface area contributed by atoms with Gasteiger partial charge in [-0.1, -0.05) is 18.2 Å². The standard InChI is InChI=1S/C8H11O5P/c9-8(10)6-13-14(11,12)7-4-2-1-3-5-7/h1-5,8-10H,6H2,(H,11,12). The predicted molar refractivity (Wildman–Crippen MR) is 50.1 cm³/mol. The van der Waals surface area contributed by atoms with Gasteiger partial charge in [-0.15, -0.1) is 0 Å². The van der Waals surface area contributed by atoms with Crippen molar-refractivity contribution in [2.75, 3.05) is 6.61 Å². The molecule has 5 nitrogen and oxygen atoms in total. The Balaban J connectivity index is 2.71. The number of aliphatic hydroxyl groups excluding tert-OH is 1. The highest BCUT2D eigenvalue weighted by Gasteiger charge is 2.22. The number of hydrogen-bond acceptors (Lipinski definition) is 4. The van der Waals surface area contributed by atoms with Crippen LogP contribution in [0.5, 0.6) is 0 Å². The van der Waals surface area contributed by atoms with Crippen molar-refractivity contribution >= 4 is 12.9 Å². The molecule has 0 aromatic heterocycles. The van der Waals surface area contributed by atoms with Gasteiger partial charge in [-0.05, 0) is 12.1 Å². The van der Waals surface area contributed by atoms with Gasteiger partial charge in [-0.2, -0.15) is 0 Å². The lowest BCUT2D eigenvalue weighted by atomic mass is 10.4. The second kappa shape index (κ2) is 4.68. The summed E-state index contributed by atoms with van der Waals surface area (Å²) < 4.78 is 15.9. The number of aliphatic hydroxyl groups is 2. The zero-order valence-electron chi connectivity index (χ0n) is 7.28. The normalized spacial score (nSPS) is 15.4. The maximum Gasteiger partial charge on any atom is 0.358 e. The van der Waals surface area contributed by atoms with Gasteiger partial charge in [-0.25, -0.2) is 0 Å². The molecule has 0 amide bonds. The molecule has 0 spiro atoms. The third-order valence-electron chi connectivity index (χ3n) is 1.48. The number of hydrogen-bond donors (Lipinski definition) is 3. The van der Waals surface area contributed by atoms with Gasteiger partial charge in [0.05, 0.1) is 5.30 Å². The molecule has 0 fully saturated rings. The van der Waals surface area contributed by atoms with Crippen LogP contribution in [0.25, 0.3) is 0 Å². The third-order valence-corrected chi connectivity index (χ3v) is 2.93. The highest BCUT2D eigenvalue weighted by Crippen LogP contribution is 2.40. The van der Waals surface area contributed by atoms with Crippen molar-refractivity contribution in [3.63, 3.8) is 0 Å². The molecule has 0 aliphatic heterocycles. The Hall–Kier alpha value is -0.710. The first-order valence-corrected chi connectivity index (χ1v) is 5.49. The fourth-order valence-electron chi connectivity index (χ4n) is 0.859. The number of benzene rings is 1. The lowest BCUT2D eigenvalue weighted by Gasteiger charge is -2.12. The fourth-order valence-corrected chi connectivity index (χ4v) is 1.89. The van der Waals surface area contributed by atoms with Crippen LogP contribution in [0.4, 0.5) is 0 Å². The number of rotatable bonds is 4. The van der Waals surface area contributed by atoms with E-state index in [1.54, 1.807) is 18.2 Å². The summed E-state index contributed by atoms with van der Waals surface area (Å²) in [6.07, 6.45) is -1.75. The van der Waals surface area contributed by atoms with E-state index in [4.69, 9.17) is 10.2 Å². The quantitative estimate of drug-likeness (QED) is 0.482. The minimum Gasteiger partial charge on any atom is -0.366 e. The zero-order chi connectivity index (χ0) is 10.6. The highest BCUT2D eigenvalue weighted by molar-refractivity contribution is 7.61. The van der Waals surface area contributed by atoms with Gasteiger partial charge in [0.15, 0.2) is 6.29 Å². The molecule has 1 unspecified atom stereocenters. The lowest BCUT2D eigenvalue weighted by Crippen LogP contribution is -2.16. The molecule has 0 heterocycles. The van der Waals surface area contributed by atoms with Crippen LogP contribution in [-0.2, 0) is 9.09 Å². The summed E-state index contributed by atoms with van der Waals surface area (Å²) in [6.45, 7) is -0.595. The Morgan fingerprint density at radius 1 is 1.29 bits per heavy atom. The second-order valence-electron chi connectivity index (χ2n) is 2.63. The van der Waals surface area contributed by atoms with E-state index in [0.717, 1.165) is 0 Å². The summed E-state index contributed by atoms with van der Waals surface area (Å²) in [4.78, 5) is 9.35. The summed E-state index contributed by atoms with van der Waals surface area (Å²) in [5.74, 6) is 0. The van der Waals surface area contributed by atoms with Gasteiger partial charge in [0.1, 0.15) is 6.61 Å². The first-order valence-electron chi connectivity index (χ1n) is 3.91. The molecule has 78 valence electrons. The van der Waals surface area contributed by atoms with Gasteiger partial charge in [0.25, 0.3) is 0 Å².